The minimum absolute atomic E-state index is 0.256. The first kappa shape index (κ1) is 24.8. The molecule has 0 aliphatic heterocycles. The van der Waals surface area contributed by atoms with E-state index in [1.807, 2.05) is 36.4 Å². The first-order chi connectivity index (χ1) is 18.5. The van der Waals surface area contributed by atoms with Crippen molar-refractivity contribution in [2.45, 2.75) is 6.54 Å². The van der Waals surface area contributed by atoms with Crippen molar-refractivity contribution in [2.24, 2.45) is 0 Å². The van der Waals surface area contributed by atoms with Gasteiger partial charge in [0.1, 0.15) is 5.82 Å². The molecule has 1 amide bonds. The van der Waals surface area contributed by atoms with Crippen LogP contribution in [0.2, 0.25) is 0 Å². The Morgan fingerprint density at radius 1 is 0.921 bits per heavy atom. The molecule has 38 heavy (non-hydrogen) atoms. The molecule has 0 spiro atoms. The van der Waals surface area contributed by atoms with Gasteiger partial charge in [0.25, 0.3) is 0 Å². The highest BCUT2D eigenvalue weighted by Gasteiger charge is 2.18. The molecule has 2 aromatic heterocycles. The summed E-state index contributed by atoms with van der Waals surface area (Å²) in [5.74, 6) is 1.03. The SMILES string of the molecule is COc1cc(-n2c3ccccc3c3cc(CNC(=O)/C=C/c4ccc(F)cc4)ncc32)cc(OC)c1OC. The van der Waals surface area contributed by atoms with Gasteiger partial charge in [-0.25, -0.2) is 4.39 Å². The van der Waals surface area contributed by atoms with Gasteiger partial charge in [-0.1, -0.05) is 30.3 Å². The molecule has 5 rings (SSSR count). The highest BCUT2D eigenvalue weighted by Crippen LogP contribution is 2.41. The number of nitrogens with one attached hydrogen (secondary N) is 1. The van der Waals surface area contributed by atoms with Crippen LogP contribution in [0, 0.1) is 5.82 Å². The van der Waals surface area contributed by atoms with Crippen LogP contribution in [0.5, 0.6) is 17.2 Å². The number of carbonyl (C=O) groups is 1. The number of hydrogen-bond acceptors (Lipinski definition) is 5. The van der Waals surface area contributed by atoms with E-state index in [9.17, 15) is 9.18 Å². The fourth-order valence-electron chi connectivity index (χ4n) is 4.47. The Morgan fingerprint density at radius 2 is 1.63 bits per heavy atom. The number of aromatic nitrogens is 2. The fraction of sp³-hybridized carbons (Fsp3) is 0.133. The summed E-state index contributed by atoms with van der Waals surface area (Å²) in [6, 6.07) is 19.8. The van der Waals surface area contributed by atoms with Gasteiger partial charge in [-0.05, 0) is 35.9 Å². The number of para-hydroxylation sites is 1. The van der Waals surface area contributed by atoms with Gasteiger partial charge in [0.15, 0.2) is 11.5 Å². The highest BCUT2D eigenvalue weighted by atomic mass is 19.1. The number of rotatable bonds is 8. The lowest BCUT2D eigenvalue weighted by atomic mass is 10.1. The molecular formula is C30H26FN3O4. The number of nitrogens with zero attached hydrogens (tertiary/aromatic N) is 2. The van der Waals surface area contributed by atoms with Crippen LogP contribution in [-0.4, -0.2) is 36.8 Å². The number of carbonyl (C=O) groups excluding carboxylic acids is 1. The van der Waals surface area contributed by atoms with Gasteiger partial charge in [0.2, 0.25) is 11.7 Å². The Balaban J connectivity index is 1.48. The van der Waals surface area contributed by atoms with E-state index in [2.05, 4.69) is 20.9 Å². The molecule has 0 aliphatic rings. The standard InChI is InChI=1S/C30H26FN3O4/c1-36-27-15-22(16-28(37-2)30(27)38-3)34-25-7-5-4-6-23(25)24-14-21(32-18-26(24)34)17-33-29(35)13-10-19-8-11-20(31)12-9-19/h4-16,18H,17H2,1-3H3,(H,33,35)/b13-10+. The molecular weight excluding hydrogens is 485 g/mol. The predicted molar refractivity (Wildman–Crippen MR) is 146 cm³/mol. The molecule has 0 aliphatic carbocycles. The van der Waals surface area contributed by atoms with Crippen LogP contribution in [-0.2, 0) is 11.3 Å². The van der Waals surface area contributed by atoms with E-state index in [-0.39, 0.29) is 18.3 Å². The Morgan fingerprint density at radius 3 is 2.32 bits per heavy atom. The molecule has 192 valence electrons. The Labute approximate surface area is 219 Å². The van der Waals surface area contributed by atoms with Crippen LogP contribution in [0.1, 0.15) is 11.3 Å². The molecule has 7 nitrogen and oxygen atoms in total. The molecule has 0 bridgehead atoms. The van der Waals surface area contributed by atoms with Crippen LogP contribution >= 0.6 is 0 Å². The first-order valence-electron chi connectivity index (χ1n) is 11.9. The third-order valence-corrected chi connectivity index (χ3v) is 6.26. The summed E-state index contributed by atoms with van der Waals surface area (Å²) in [5.41, 5.74) is 4.17. The second kappa shape index (κ2) is 10.6. The minimum atomic E-state index is -0.320. The maximum atomic E-state index is 13.1. The minimum Gasteiger partial charge on any atom is -0.493 e. The number of amides is 1. The zero-order valence-electron chi connectivity index (χ0n) is 21.2. The third-order valence-electron chi connectivity index (χ3n) is 6.26. The number of ether oxygens (including phenoxy) is 3. The summed E-state index contributed by atoms with van der Waals surface area (Å²) in [6.07, 6.45) is 4.85. The topological polar surface area (TPSA) is 74.6 Å². The average Bonchev–Trinajstić information content (AvgIpc) is 3.28. The maximum absolute atomic E-state index is 13.1. The molecule has 0 saturated carbocycles. The number of benzene rings is 3. The van der Waals surface area contributed by atoms with E-state index in [1.54, 1.807) is 45.7 Å². The van der Waals surface area contributed by atoms with Gasteiger partial charge < -0.3 is 24.1 Å². The average molecular weight is 512 g/mol. The summed E-state index contributed by atoms with van der Waals surface area (Å²) in [6.45, 7) is 0.256. The van der Waals surface area contributed by atoms with Crippen molar-refractivity contribution in [1.29, 1.82) is 0 Å². The maximum Gasteiger partial charge on any atom is 0.244 e. The van der Waals surface area contributed by atoms with Crippen LogP contribution in [0.4, 0.5) is 4.39 Å². The largest absolute Gasteiger partial charge is 0.493 e. The van der Waals surface area contributed by atoms with Gasteiger partial charge in [0.05, 0.1) is 56.5 Å². The van der Waals surface area contributed by atoms with E-state index in [1.165, 1.54) is 18.2 Å². The third kappa shape index (κ3) is 4.76. The van der Waals surface area contributed by atoms with Crippen molar-refractivity contribution >= 4 is 33.8 Å². The Hall–Kier alpha value is -4.85. The lowest BCUT2D eigenvalue weighted by Gasteiger charge is -2.16. The molecule has 3 aromatic carbocycles. The Kier molecular flexibility index (Phi) is 6.95. The summed E-state index contributed by atoms with van der Waals surface area (Å²) in [7, 11) is 4.75. The Bertz CT molecular complexity index is 1630. The van der Waals surface area contributed by atoms with Crippen molar-refractivity contribution in [1.82, 2.24) is 14.9 Å². The first-order valence-corrected chi connectivity index (χ1v) is 11.9. The van der Waals surface area contributed by atoms with Gasteiger partial charge in [-0.2, -0.15) is 0 Å². The molecule has 0 fully saturated rings. The molecule has 1 N–H and O–H groups in total. The van der Waals surface area contributed by atoms with E-state index in [0.717, 1.165) is 33.1 Å². The summed E-state index contributed by atoms with van der Waals surface area (Å²) >= 11 is 0. The number of fused-ring (bicyclic) bond motifs is 3. The number of halogens is 1. The van der Waals surface area contributed by atoms with Crippen molar-refractivity contribution < 1.29 is 23.4 Å². The van der Waals surface area contributed by atoms with Crippen LogP contribution < -0.4 is 19.5 Å². The van der Waals surface area contributed by atoms with Crippen LogP contribution in [0.3, 0.4) is 0 Å². The van der Waals surface area contributed by atoms with Crippen LogP contribution in [0.15, 0.2) is 79.0 Å². The lowest BCUT2D eigenvalue weighted by Crippen LogP contribution is -2.20. The number of pyridine rings is 1. The monoisotopic (exact) mass is 511 g/mol. The number of methoxy groups -OCH3 is 3. The van der Waals surface area contributed by atoms with E-state index in [0.29, 0.717) is 22.9 Å². The van der Waals surface area contributed by atoms with E-state index in [4.69, 9.17) is 14.2 Å². The quantitative estimate of drug-likeness (QED) is 0.272. The van der Waals surface area contributed by atoms with Gasteiger partial charge in [-0.3, -0.25) is 9.78 Å². The molecule has 5 aromatic rings. The molecule has 2 heterocycles. The zero-order valence-corrected chi connectivity index (χ0v) is 21.2. The molecule has 0 atom stereocenters. The van der Waals surface area contributed by atoms with Crippen molar-refractivity contribution in [3.63, 3.8) is 0 Å². The van der Waals surface area contributed by atoms with E-state index < -0.39 is 0 Å². The second-order valence-electron chi connectivity index (χ2n) is 8.53. The highest BCUT2D eigenvalue weighted by molar-refractivity contribution is 6.09. The molecule has 0 unspecified atom stereocenters. The normalized spacial score (nSPS) is 11.3. The lowest BCUT2D eigenvalue weighted by molar-refractivity contribution is -0.116. The zero-order chi connectivity index (χ0) is 26.6. The van der Waals surface area contributed by atoms with Gasteiger partial charge in [-0.15, -0.1) is 0 Å². The van der Waals surface area contributed by atoms with Crippen LogP contribution in [0.25, 0.3) is 33.6 Å². The molecule has 8 heteroatoms. The smallest absolute Gasteiger partial charge is 0.244 e. The fourth-order valence-corrected chi connectivity index (χ4v) is 4.47. The molecule has 0 saturated heterocycles. The summed E-state index contributed by atoms with van der Waals surface area (Å²) < 4.78 is 31.8. The second-order valence-corrected chi connectivity index (χ2v) is 8.53. The summed E-state index contributed by atoms with van der Waals surface area (Å²) in [4.78, 5) is 17.0. The predicted octanol–water partition coefficient (Wildman–Crippen LogP) is 5.67. The molecule has 0 radical (unpaired) electrons. The van der Waals surface area contributed by atoms with Gasteiger partial charge in [0, 0.05) is 29.0 Å². The van der Waals surface area contributed by atoms with Crippen molar-refractivity contribution in [3.8, 4) is 22.9 Å². The van der Waals surface area contributed by atoms with Crippen molar-refractivity contribution in [3.05, 3.63) is 96.1 Å². The van der Waals surface area contributed by atoms with E-state index >= 15 is 0 Å². The van der Waals surface area contributed by atoms with Gasteiger partial charge >= 0.3 is 0 Å². The van der Waals surface area contributed by atoms with Crippen molar-refractivity contribution in [2.75, 3.05) is 21.3 Å². The summed E-state index contributed by atoms with van der Waals surface area (Å²) in [5, 5.41) is 4.90. The number of hydrogen-bond donors (Lipinski definition) is 1.